The number of rotatable bonds is 3. The topological polar surface area (TPSA) is 15.3 Å². The Kier molecular flexibility index (Phi) is 3.97. The van der Waals surface area contributed by atoms with E-state index in [-0.39, 0.29) is 0 Å². The van der Waals surface area contributed by atoms with Crippen molar-refractivity contribution in [1.82, 2.24) is 10.2 Å². The van der Waals surface area contributed by atoms with Crippen molar-refractivity contribution >= 4 is 0 Å². The van der Waals surface area contributed by atoms with Crippen molar-refractivity contribution in [2.24, 2.45) is 0 Å². The minimum absolute atomic E-state index is 0.644. The summed E-state index contributed by atoms with van der Waals surface area (Å²) < 4.78 is 0. The first kappa shape index (κ1) is 11.6. The lowest BCUT2D eigenvalue weighted by Gasteiger charge is -2.38. The molecule has 1 aromatic carbocycles. The third kappa shape index (κ3) is 2.83. The van der Waals surface area contributed by atoms with Gasteiger partial charge < -0.3 is 10.2 Å². The Hall–Kier alpha value is -0.860. The van der Waals surface area contributed by atoms with E-state index in [2.05, 4.69) is 54.5 Å². The van der Waals surface area contributed by atoms with E-state index in [4.69, 9.17) is 0 Å². The van der Waals surface area contributed by atoms with Crippen molar-refractivity contribution < 1.29 is 0 Å². The summed E-state index contributed by atoms with van der Waals surface area (Å²) in [5.41, 5.74) is 1.44. The highest BCUT2D eigenvalue weighted by atomic mass is 15.2. The minimum atomic E-state index is 0.644. The van der Waals surface area contributed by atoms with Gasteiger partial charge in [0.25, 0.3) is 0 Å². The smallest absolute Gasteiger partial charge is 0.0258 e. The fraction of sp³-hybridized carbons (Fsp3) is 0.571. The molecule has 2 heteroatoms. The second kappa shape index (κ2) is 5.46. The van der Waals surface area contributed by atoms with E-state index in [9.17, 15) is 0 Å². The molecular formula is C14H22N2. The van der Waals surface area contributed by atoms with Crippen molar-refractivity contribution in [3.63, 3.8) is 0 Å². The van der Waals surface area contributed by atoms with Crippen LogP contribution in [0, 0.1) is 0 Å². The summed E-state index contributed by atoms with van der Waals surface area (Å²) in [5.74, 6) is 0. The Balaban J connectivity index is 1.92. The van der Waals surface area contributed by atoms with Gasteiger partial charge >= 0.3 is 0 Å². The Bertz CT molecular complexity index is 310. The van der Waals surface area contributed by atoms with E-state index in [0.29, 0.717) is 12.1 Å². The largest absolute Gasteiger partial charge is 0.311 e. The van der Waals surface area contributed by atoms with E-state index in [1.54, 1.807) is 0 Å². The van der Waals surface area contributed by atoms with E-state index < -0.39 is 0 Å². The molecule has 1 aromatic rings. The summed E-state index contributed by atoms with van der Waals surface area (Å²) >= 11 is 0. The zero-order chi connectivity index (χ0) is 11.4. The molecule has 0 radical (unpaired) electrons. The van der Waals surface area contributed by atoms with Gasteiger partial charge in [-0.2, -0.15) is 0 Å². The van der Waals surface area contributed by atoms with Gasteiger partial charge in [-0.25, -0.2) is 0 Å². The van der Waals surface area contributed by atoms with Crippen LogP contribution in [0.3, 0.4) is 0 Å². The van der Waals surface area contributed by atoms with Gasteiger partial charge in [-0.3, -0.25) is 0 Å². The summed E-state index contributed by atoms with van der Waals surface area (Å²) in [4.78, 5) is 2.50. The lowest BCUT2D eigenvalue weighted by molar-refractivity contribution is 0.160. The van der Waals surface area contributed by atoms with Gasteiger partial charge in [-0.1, -0.05) is 37.3 Å². The maximum absolute atomic E-state index is 3.63. The van der Waals surface area contributed by atoms with Gasteiger partial charge in [-0.05, 0) is 25.5 Å². The number of nitrogens with one attached hydrogen (secondary N) is 1. The first-order chi connectivity index (χ1) is 7.79. The van der Waals surface area contributed by atoms with Crippen LogP contribution < -0.4 is 5.32 Å². The number of piperazine rings is 1. The molecule has 2 nitrogen and oxygen atoms in total. The molecule has 2 unspecified atom stereocenters. The van der Waals surface area contributed by atoms with Crippen molar-refractivity contribution in [3.05, 3.63) is 35.9 Å². The molecule has 88 valence electrons. The molecule has 1 aliphatic rings. The fourth-order valence-electron chi connectivity index (χ4n) is 2.41. The van der Waals surface area contributed by atoms with Crippen LogP contribution in [0.1, 0.15) is 18.9 Å². The van der Waals surface area contributed by atoms with Gasteiger partial charge in [0.05, 0.1) is 0 Å². The summed E-state index contributed by atoms with van der Waals surface area (Å²) in [6.07, 6.45) is 2.38. The molecule has 0 bridgehead atoms. The number of likely N-dealkylation sites (N-methyl/N-ethyl adjacent to an activating group) is 1. The summed E-state index contributed by atoms with van der Waals surface area (Å²) in [6, 6.07) is 12.1. The first-order valence-corrected chi connectivity index (χ1v) is 6.27. The second-order valence-corrected chi connectivity index (χ2v) is 4.80. The van der Waals surface area contributed by atoms with Crippen molar-refractivity contribution in [2.45, 2.75) is 31.8 Å². The maximum atomic E-state index is 3.63. The molecule has 1 aliphatic heterocycles. The third-order valence-corrected chi connectivity index (χ3v) is 3.58. The molecule has 2 atom stereocenters. The molecule has 0 aromatic heterocycles. The lowest BCUT2D eigenvalue weighted by atomic mass is 10.0. The van der Waals surface area contributed by atoms with Crippen LogP contribution in [-0.2, 0) is 6.42 Å². The van der Waals surface area contributed by atoms with Crippen LogP contribution in [0.4, 0.5) is 0 Å². The van der Waals surface area contributed by atoms with Crippen LogP contribution >= 0.6 is 0 Å². The zero-order valence-corrected chi connectivity index (χ0v) is 10.3. The Morgan fingerprint density at radius 2 is 2.06 bits per heavy atom. The SMILES string of the molecule is CCC1CN(C)C(Cc2ccccc2)CN1. The molecule has 0 saturated carbocycles. The highest BCUT2D eigenvalue weighted by Crippen LogP contribution is 2.12. The van der Waals surface area contributed by atoms with Gasteiger partial charge in [0.15, 0.2) is 0 Å². The predicted molar refractivity (Wildman–Crippen MR) is 68.6 cm³/mol. The Morgan fingerprint density at radius 3 is 2.69 bits per heavy atom. The molecule has 1 saturated heterocycles. The summed E-state index contributed by atoms with van der Waals surface area (Å²) in [7, 11) is 2.25. The van der Waals surface area contributed by atoms with E-state index in [0.717, 1.165) is 13.0 Å². The maximum Gasteiger partial charge on any atom is 0.0258 e. The Labute approximate surface area is 98.7 Å². The van der Waals surface area contributed by atoms with Crippen molar-refractivity contribution in [1.29, 1.82) is 0 Å². The normalized spacial score (nSPS) is 26.9. The minimum Gasteiger partial charge on any atom is -0.311 e. The summed E-state index contributed by atoms with van der Waals surface area (Å²) in [5, 5.41) is 3.63. The predicted octanol–water partition coefficient (Wildman–Crippen LogP) is 1.91. The molecule has 1 N–H and O–H groups in total. The molecule has 1 fully saturated rings. The average molecular weight is 218 g/mol. The van der Waals surface area contributed by atoms with E-state index in [1.807, 2.05) is 0 Å². The molecular weight excluding hydrogens is 196 g/mol. The number of nitrogens with zero attached hydrogens (tertiary/aromatic N) is 1. The molecule has 0 spiro atoms. The van der Waals surface area contributed by atoms with Gasteiger partial charge in [0.2, 0.25) is 0 Å². The van der Waals surface area contributed by atoms with Gasteiger partial charge in [-0.15, -0.1) is 0 Å². The number of benzene rings is 1. The highest BCUT2D eigenvalue weighted by Gasteiger charge is 2.23. The fourth-order valence-corrected chi connectivity index (χ4v) is 2.41. The van der Waals surface area contributed by atoms with Crippen LogP contribution in [0.25, 0.3) is 0 Å². The Morgan fingerprint density at radius 1 is 1.31 bits per heavy atom. The van der Waals surface area contributed by atoms with Gasteiger partial charge in [0, 0.05) is 25.2 Å². The van der Waals surface area contributed by atoms with Crippen LogP contribution in [-0.4, -0.2) is 37.1 Å². The molecule has 16 heavy (non-hydrogen) atoms. The zero-order valence-electron chi connectivity index (χ0n) is 10.3. The van der Waals surface area contributed by atoms with Gasteiger partial charge in [0.1, 0.15) is 0 Å². The first-order valence-electron chi connectivity index (χ1n) is 6.27. The molecule has 0 aliphatic carbocycles. The third-order valence-electron chi connectivity index (χ3n) is 3.58. The van der Waals surface area contributed by atoms with Crippen LogP contribution in [0.15, 0.2) is 30.3 Å². The molecule has 1 heterocycles. The molecule has 0 amide bonds. The van der Waals surface area contributed by atoms with Crippen molar-refractivity contribution in [2.75, 3.05) is 20.1 Å². The van der Waals surface area contributed by atoms with E-state index in [1.165, 1.54) is 18.5 Å². The lowest BCUT2D eigenvalue weighted by Crippen LogP contribution is -2.55. The number of hydrogen-bond acceptors (Lipinski definition) is 2. The number of hydrogen-bond donors (Lipinski definition) is 1. The van der Waals surface area contributed by atoms with Crippen LogP contribution in [0.5, 0.6) is 0 Å². The summed E-state index contributed by atoms with van der Waals surface area (Å²) in [6.45, 7) is 4.54. The second-order valence-electron chi connectivity index (χ2n) is 4.80. The highest BCUT2D eigenvalue weighted by molar-refractivity contribution is 5.16. The van der Waals surface area contributed by atoms with Crippen molar-refractivity contribution in [3.8, 4) is 0 Å². The molecule has 2 rings (SSSR count). The van der Waals surface area contributed by atoms with Crippen LogP contribution in [0.2, 0.25) is 0 Å². The quantitative estimate of drug-likeness (QED) is 0.834. The average Bonchev–Trinajstić information content (AvgIpc) is 2.33. The van der Waals surface area contributed by atoms with E-state index >= 15 is 0 Å². The monoisotopic (exact) mass is 218 g/mol. The standard InChI is InChI=1S/C14H22N2/c1-3-13-11-16(2)14(10-15-13)9-12-7-5-4-6-8-12/h4-8,13-15H,3,9-11H2,1-2H3.